The molecule has 1 unspecified atom stereocenters. The largest absolute Gasteiger partial charge is 0.360 e. The van der Waals surface area contributed by atoms with Crippen LogP contribution >= 0.6 is 0 Å². The third-order valence-corrected chi connectivity index (χ3v) is 4.70. The van der Waals surface area contributed by atoms with Crippen LogP contribution in [0.25, 0.3) is 0 Å². The quantitative estimate of drug-likeness (QED) is 0.868. The van der Waals surface area contributed by atoms with Gasteiger partial charge < -0.3 is 10.2 Å². The first-order valence-electron chi connectivity index (χ1n) is 8.90. The number of carbonyl (C=O) groups is 2. The lowest BCUT2D eigenvalue weighted by atomic mass is 10.0. The molecule has 4 nitrogen and oxygen atoms in total. The number of carbonyl (C=O) groups excluding carboxylic acids is 2. The van der Waals surface area contributed by atoms with Crippen molar-refractivity contribution in [2.45, 2.75) is 32.2 Å². The van der Waals surface area contributed by atoms with Crippen molar-refractivity contribution in [3.05, 3.63) is 65.5 Å². The highest BCUT2D eigenvalue weighted by Gasteiger charge is 2.24. The summed E-state index contributed by atoms with van der Waals surface area (Å²) >= 11 is 0. The highest BCUT2D eigenvalue weighted by molar-refractivity contribution is 5.89. The van der Waals surface area contributed by atoms with Gasteiger partial charge in [0.15, 0.2) is 5.78 Å². The van der Waals surface area contributed by atoms with E-state index in [2.05, 4.69) is 5.32 Å². The molecule has 0 bridgehead atoms. The molecule has 2 aromatic rings. The zero-order valence-electron chi connectivity index (χ0n) is 14.9. The minimum atomic E-state index is -0.574. The van der Waals surface area contributed by atoms with Gasteiger partial charge in [-0.25, -0.2) is 4.39 Å². The molecule has 5 heteroatoms. The van der Waals surface area contributed by atoms with E-state index in [1.165, 1.54) is 13.0 Å². The van der Waals surface area contributed by atoms with Crippen molar-refractivity contribution >= 4 is 17.4 Å². The maximum absolute atomic E-state index is 14.2. The number of para-hydroxylation sites is 1. The summed E-state index contributed by atoms with van der Waals surface area (Å²) in [6.07, 6.45) is 2.14. The Morgan fingerprint density at radius 2 is 1.92 bits per heavy atom. The molecule has 0 spiro atoms. The Morgan fingerprint density at radius 1 is 1.15 bits per heavy atom. The van der Waals surface area contributed by atoms with E-state index in [1.54, 1.807) is 11.0 Å². The second-order valence-electron chi connectivity index (χ2n) is 6.69. The Morgan fingerprint density at radius 3 is 2.65 bits per heavy atom. The van der Waals surface area contributed by atoms with Crippen LogP contribution in [0.15, 0.2) is 48.5 Å². The number of aryl methyl sites for hydroxylation is 1. The molecule has 3 rings (SSSR count). The van der Waals surface area contributed by atoms with E-state index >= 15 is 0 Å². The van der Waals surface area contributed by atoms with Crippen molar-refractivity contribution in [3.63, 3.8) is 0 Å². The average molecular weight is 354 g/mol. The summed E-state index contributed by atoms with van der Waals surface area (Å²) in [5, 5.41) is 2.81. The van der Waals surface area contributed by atoms with Gasteiger partial charge in [0.1, 0.15) is 5.82 Å². The Bertz CT molecular complexity index is 792. The summed E-state index contributed by atoms with van der Waals surface area (Å²) in [6.45, 7) is 2.15. The molecule has 0 aromatic heterocycles. The first kappa shape index (κ1) is 18.1. The van der Waals surface area contributed by atoms with Crippen LogP contribution in [0.5, 0.6) is 0 Å². The Balaban J connectivity index is 1.67. The topological polar surface area (TPSA) is 49.4 Å². The van der Waals surface area contributed by atoms with Gasteiger partial charge in [0.2, 0.25) is 5.91 Å². The van der Waals surface area contributed by atoms with Crippen LogP contribution in [0.4, 0.5) is 10.1 Å². The van der Waals surface area contributed by atoms with Crippen molar-refractivity contribution in [3.8, 4) is 0 Å². The van der Waals surface area contributed by atoms with Crippen LogP contribution in [-0.4, -0.2) is 30.8 Å². The summed E-state index contributed by atoms with van der Waals surface area (Å²) in [7, 11) is 0. The van der Waals surface area contributed by atoms with Gasteiger partial charge in [0.25, 0.3) is 0 Å². The molecule has 0 saturated heterocycles. The number of ketones is 1. The monoisotopic (exact) mass is 354 g/mol. The number of nitrogens with zero attached hydrogens (tertiary/aromatic N) is 1. The fourth-order valence-corrected chi connectivity index (χ4v) is 3.41. The molecule has 2 aromatic carbocycles. The SMILES string of the molecule is CC(=O)C(Cc1ccccc1)NC(=O)CN1CCCc2cccc(F)c21. The zero-order valence-corrected chi connectivity index (χ0v) is 14.9. The molecule has 0 radical (unpaired) electrons. The van der Waals surface area contributed by atoms with Gasteiger partial charge in [-0.15, -0.1) is 0 Å². The predicted molar refractivity (Wildman–Crippen MR) is 99.7 cm³/mol. The average Bonchev–Trinajstić information content (AvgIpc) is 2.62. The smallest absolute Gasteiger partial charge is 0.240 e. The Hall–Kier alpha value is -2.69. The van der Waals surface area contributed by atoms with E-state index in [-0.39, 0.29) is 24.1 Å². The Labute approximate surface area is 153 Å². The number of hydrogen-bond acceptors (Lipinski definition) is 3. The number of benzene rings is 2. The maximum Gasteiger partial charge on any atom is 0.240 e. The number of anilines is 1. The summed E-state index contributed by atoms with van der Waals surface area (Å²) in [5.41, 5.74) is 2.43. The van der Waals surface area contributed by atoms with E-state index in [1.807, 2.05) is 36.4 Å². The minimum Gasteiger partial charge on any atom is -0.360 e. The van der Waals surface area contributed by atoms with Crippen LogP contribution in [0, 0.1) is 5.82 Å². The minimum absolute atomic E-state index is 0.0481. The number of nitrogens with one attached hydrogen (secondary N) is 1. The van der Waals surface area contributed by atoms with E-state index in [0.29, 0.717) is 18.7 Å². The molecule has 1 aliphatic rings. The van der Waals surface area contributed by atoms with Gasteiger partial charge in [-0.3, -0.25) is 9.59 Å². The predicted octanol–water partition coefficient (Wildman–Crippen LogP) is 2.89. The van der Waals surface area contributed by atoms with Gasteiger partial charge in [-0.1, -0.05) is 42.5 Å². The van der Waals surface area contributed by atoms with E-state index in [9.17, 15) is 14.0 Å². The van der Waals surface area contributed by atoms with Gasteiger partial charge in [-0.2, -0.15) is 0 Å². The lowest BCUT2D eigenvalue weighted by Gasteiger charge is -2.31. The first-order valence-corrected chi connectivity index (χ1v) is 8.90. The van der Waals surface area contributed by atoms with Gasteiger partial charge >= 0.3 is 0 Å². The van der Waals surface area contributed by atoms with Gasteiger partial charge in [-0.05, 0) is 43.4 Å². The van der Waals surface area contributed by atoms with Crippen molar-refractivity contribution < 1.29 is 14.0 Å². The summed E-state index contributed by atoms with van der Waals surface area (Å²) in [5.74, 6) is -0.660. The molecule has 0 fully saturated rings. The van der Waals surface area contributed by atoms with Gasteiger partial charge in [0.05, 0.1) is 18.3 Å². The molecule has 1 N–H and O–H groups in total. The van der Waals surface area contributed by atoms with Gasteiger partial charge in [0, 0.05) is 6.54 Å². The Kier molecular flexibility index (Phi) is 5.66. The van der Waals surface area contributed by atoms with Crippen molar-refractivity contribution in [1.82, 2.24) is 5.32 Å². The third kappa shape index (κ3) is 4.28. The second-order valence-corrected chi connectivity index (χ2v) is 6.69. The molecule has 26 heavy (non-hydrogen) atoms. The van der Waals surface area contributed by atoms with E-state index in [4.69, 9.17) is 0 Å². The number of amides is 1. The molecule has 136 valence electrons. The molecule has 0 aliphatic carbocycles. The maximum atomic E-state index is 14.2. The summed E-state index contributed by atoms with van der Waals surface area (Å²) in [6, 6.07) is 14.0. The van der Waals surface area contributed by atoms with Crippen molar-refractivity contribution in [2.24, 2.45) is 0 Å². The second kappa shape index (κ2) is 8.13. The highest BCUT2D eigenvalue weighted by atomic mass is 19.1. The lowest BCUT2D eigenvalue weighted by molar-refractivity contribution is -0.126. The fraction of sp³-hybridized carbons (Fsp3) is 0.333. The molecular weight excluding hydrogens is 331 g/mol. The van der Waals surface area contributed by atoms with Crippen molar-refractivity contribution in [1.29, 1.82) is 0 Å². The fourth-order valence-electron chi connectivity index (χ4n) is 3.41. The number of Topliss-reactive ketones (excluding diaryl/α,β-unsaturated/α-hetero) is 1. The normalized spacial score (nSPS) is 14.5. The van der Waals surface area contributed by atoms with E-state index in [0.717, 1.165) is 24.0 Å². The number of fused-ring (bicyclic) bond motifs is 1. The molecule has 1 amide bonds. The van der Waals surface area contributed by atoms with E-state index < -0.39 is 6.04 Å². The van der Waals surface area contributed by atoms with Crippen molar-refractivity contribution in [2.75, 3.05) is 18.0 Å². The van der Waals surface area contributed by atoms with Crippen LogP contribution in [-0.2, 0) is 22.4 Å². The van der Waals surface area contributed by atoms with Crippen LogP contribution in [0.2, 0.25) is 0 Å². The first-order chi connectivity index (χ1) is 12.5. The molecule has 0 saturated carbocycles. The van der Waals surface area contributed by atoms with Crippen LogP contribution < -0.4 is 10.2 Å². The summed E-state index contributed by atoms with van der Waals surface area (Å²) < 4.78 is 14.2. The molecule has 1 atom stereocenters. The summed E-state index contributed by atoms with van der Waals surface area (Å²) in [4.78, 5) is 26.2. The molecular formula is C21H23FN2O2. The molecule has 1 heterocycles. The number of halogens is 1. The highest BCUT2D eigenvalue weighted by Crippen LogP contribution is 2.29. The zero-order chi connectivity index (χ0) is 18.5. The van der Waals surface area contributed by atoms with Crippen LogP contribution in [0.1, 0.15) is 24.5 Å². The standard InChI is InChI=1S/C21H23FN2O2/c1-15(25)19(13-16-7-3-2-4-8-16)23-20(26)14-24-12-6-10-17-9-5-11-18(22)21(17)24/h2-5,7-9,11,19H,6,10,12-14H2,1H3,(H,23,26). The lowest BCUT2D eigenvalue weighted by Crippen LogP contribution is -2.47. The number of hydrogen-bond donors (Lipinski definition) is 1. The number of rotatable bonds is 6. The van der Waals surface area contributed by atoms with Crippen LogP contribution in [0.3, 0.4) is 0 Å². The third-order valence-electron chi connectivity index (χ3n) is 4.70. The molecule has 1 aliphatic heterocycles.